The zero-order valence-corrected chi connectivity index (χ0v) is 22.7. The van der Waals surface area contributed by atoms with Crippen molar-refractivity contribution < 1.29 is 13.2 Å². The van der Waals surface area contributed by atoms with Crippen LogP contribution in [0, 0.1) is 0 Å². The number of aromatic nitrogens is 2. The van der Waals surface area contributed by atoms with Gasteiger partial charge in [0, 0.05) is 60.1 Å². The Bertz CT molecular complexity index is 1050. The van der Waals surface area contributed by atoms with Crippen molar-refractivity contribution in [3.63, 3.8) is 0 Å². The van der Waals surface area contributed by atoms with E-state index < -0.39 is 16.2 Å². The Hall–Kier alpha value is -1.30. The van der Waals surface area contributed by atoms with Gasteiger partial charge in [0.2, 0.25) is 0 Å². The molecule has 1 aromatic heterocycles. The molecule has 0 spiro atoms. The summed E-state index contributed by atoms with van der Waals surface area (Å²) < 4.78 is 31.5. The number of amides is 2. The molecular formula is C20H29ClN6NaO3S. The summed E-state index contributed by atoms with van der Waals surface area (Å²) in [7, 11) is -0.517. The van der Waals surface area contributed by atoms with Crippen molar-refractivity contribution in [1.82, 2.24) is 19.4 Å². The van der Waals surface area contributed by atoms with E-state index in [1.165, 1.54) is 15.2 Å². The molecule has 171 valence electrons. The molecule has 0 aliphatic carbocycles. The number of hydrogen-bond donors (Lipinski definition) is 2. The monoisotopic (exact) mass is 491 g/mol. The minimum Gasteiger partial charge on any atom is -0.307 e. The number of piperidine rings is 1. The molecule has 2 heterocycles. The van der Waals surface area contributed by atoms with Crippen LogP contribution in [0.2, 0.25) is 5.02 Å². The second-order valence-electron chi connectivity index (χ2n) is 8.22. The molecule has 1 saturated heterocycles. The number of nitrogens with zero attached hydrogens (tertiary/aromatic N) is 4. The zero-order valence-electron chi connectivity index (χ0n) is 19.2. The molecule has 2 amide bonds. The Labute approximate surface area is 216 Å². The number of urea groups is 1. The van der Waals surface area contributed by atoms with Crippen molar-refractivity contribution in [2.75, 3.05) is 29.8 Å². The third-order valence-electron chi connectivity index (χ3n) is 5.20. The van der Waals surface area contributed by atoms with Crippen LogP contribution in [0.15, 0.2) is 30.6 Å². The van der Waals surface area contributed by atoms with Crippen LogP contribution < -0.4 is 14.3 Å². The van der Waals surface area contributed by atoms with Gasteiger partial charge in [-0.2, -0.15) is 13.5 Å². The molecule has 1 unspecified atom stereocenters. The molecular weight excluding hydrogens is 463 g/mol. The normalized spacial score (nSPS) is 17.0. The number of nitrogens with one attached hydrogen (secondary N) is 2. The topological polar surface area (TPSA) is 99.6 Å². The molecule has 2 N–H and O–H groups in total. The van der Waals surface area contributed by atoms with E-state index in [0.29, 0.717) is 29.4 Å². The van der Waals surface area contributed by atoms with Crippen molar-refractivity contribution >= 4 is 68.8 Å². The number of carbonyl (C=O) groups excluding carboxylic acids is 1. The summed E-state index contributed by atoms with van der Waals surface area (Å²) in [5.41, 5.74) is 1.77. The second kappa shape index (κ2) is 11.2. The Morgan fingerprint density at radius 1 is 1.28 bits per heavy atom. The van der Waals surface area contributed by atoms with Crippen molar-refractivity contribution in [3.05, 3.63) is 41.2 Å². The molecule has 0 bridgehead atoms. The van der Waals surface area contributed by atoms with Gasteiger partial charge in [0.1, 0.15) is 0 Å². The van der Waals surface area contributed by atoms with Crippen molar-refractivity contribution in [2.24, 2.45) is 7.05 Å². The second-order valence-corrected chi connectivity index (χ2v) is 10.2. The van der Waals surface area contributed by atoms with Crippen LogP contribution in [0.1, 0.15) is 38.2 Å². The van der Waals surface area contributed by atoms with Gasteiger partial charge in [-0.1, -0.05) is 25.4 Å². The van der Waals surface area contributed by atoms with Crippen LogP contribution in [0.25, 0.3) is 0 Å². The number of hydrogen-bond acceptors (Lipinski definition) is 5. The largest absolute Gasteiger partial charge is 0.334 e. The third-order valence-corrected chi connectivity index (χ3v) is 6.89. The summed E-state index contributed by atoms with van der Waals surface area (Å²) in [6, 6.07) is 4.00. The average Bonchev–Trinajstić information content (AvgIpc) is 3.06. The van der Waals surface area contributed by atoms with Crippen LogP contribution in [-0.4, -0.2) is 84.9 Å². The maximum absolute atomic E-state index is 13.3. The SMILES string of the molecule is CC(C)c1cc(Cl)cc(NC(=O)NS(=O)(=O)N(c2cnn(C)c2)C2CCCN(C)C2)c1.[Na]. The molecule has 1 atom stereocenters. The summed E-state index contributed by atoms with van der Waals surface area (Å²) in [5.74, 6) is 0.204. The fourth-order valence-corrected chi connectivity index (χ4v) is 5.30. The first-order chi connectivity index (χ1) is 14.5. The average molecular weight is 492 g/mol. The van der Waals surface area contributed by atoms with E-state index in [0.717, 1.165) is 18.5 Å². The van der Waals surface area contributed by atoms with E-state index >= 15 is 0 Å². The van der Waals surface area contributed by atoms with Crippen LogP contribution in [0.5, 0.6) is 0 Å². The number of rotatable bonds is 6. The van der Waals surface area contributed by atoms with Gasteiger partial charge >= 0.3 is 16.2 Å². The van der Waals surface area contributed by atoms with E-state index in [1.54, 1.807) is 25.4 Å². The third kappa shape index (κ3) is 6.85. The van der Waals surface area contributed by atoms with Crippen LogP contribution >= 0.6 is 11.6 Å². The predicted molar refractivity (Wildman–Crippen MR) is 129 cm³/mol. The van der Waals surface area contributed by atoms with Crippen LogP contribution in [0.4, 0.5) is 16.2 Å². The first-order valence-electron chi connectivity index (χ1n) is 10.2. The molecule has 1 aromatic carbocycles. The van der Waals surface area contributed by atoms with E-state index in [9.17, 15) is 13.2 Å². The summed E-state index contributed by atoms with van der Waals surface area (Å²) >= 11 is 6.15. The molecule has 3 rings (SSSR count). The number of likely N-dealkylation sites (tertiary alicyclic amines) is 1. The smallest absolute Gasteiger partial charge is 0.307 e. The predicted octanol–water partition coefficient (Wildman–Crippen LogP) is 2.78. The molecule has 1 aliphatic heterocycles. The maximum Gasteiger partial charge on any atom is 0.334 e. The number of anilines is 2. The fraction of sp³-hybridized carbons (Fsp3) is 0.500. The van der Waals surface area contributed by atoms with Gasteiger partial charge in [-0.25, -0.2) is 13.8 Å². The summed E-state index contributed by atoms with van der Waals surface area (Å²) in [6.07, 6.45) is 4.66. The zero-order chi connectivity index (χ0) is 22.8. The van der Waals surface area contributed by atoms with Gasteiger partial charge in [0.25, 0.3) is 0 Å². The van der Waals surface area contributed by atoms with Gasteiger partial charge in [-0.05, 0) is 56.1 Å². The molecule has 2 aromatic rings. The van der Waals surface area contributed by atoms with Crippen LogP contribution in [0.3, 0.4) is 0 Å². The maximum atomic E-state index is 13.3. The van der Waals surface area contributed by atoms with Crippen LogP contribution in [-0.2, 0) is 17.3 Å². The van der Waals surface area contributed by atoms with Crippen molar-refractivity contribution in [3.8, 4) is 0 Å². The molecule has 12 heteroatoms. The Morgan fingerprint density at radius 3 is 2.59 bits per heavy atom. The van der Waals surface area contributed by atoms with Gasteiger partial charge in [0.15, 0.2) is 0 Å². The van der Waals surface area contributed by atoms with Gasteiger partial charge in [-0.3, -0.25) is 4.68 Å². The molecule has 1 aliphatic rings. The van der Waals surface area contributed by atoms with E-state index in [-0.39, 0.29) is 41.5 Å². The summed E-state index contributed by atoms with van der Waals surface area (Å²) in [4.78, 5) is 14.7. The quantitative estimate of drug-likeness (QED) is 0.605. The van der Waals surface area contributed by atoms with E-state index in [2.05, 4.69) is 20.0 Å². The number of likely N-dealkylation sites (N-methyl/N-ethyl adjacent to an activating group) is 1. The van der Waals surface area contributed by atoms with Crippen molar-refractivity contribution in [1.29, 1.82) is 0 Å². The van der Waals surface area contributed by atoms with Gasteiger partial charge in [0.05, 0.1) is 17.9 Å². The minimum absolute atomic E-state index is 0. The van der Waals surface area contributed by atoms with Gasteiger partial charge in [-0.15, -0.1) is 0 Å². The molecule has 0 saturated carbocycles. The number of halogens is 1. The number of benzene rings is 1. The Morgan fingerprint density at radius 2 is 2.00 bits per heavy atom. The Kier molecular flexibility index (Phi) is 9.45. The molecule has 1 radical (unpaired) electrons. The molecule has 1 fully saturated rings. The van der Waals surface area contributed by atoms with Crippen molar-refractivity contribution in [2.45, 2.75) is 38.6 Å². The molecule has 32 heavy (non-hydrogen) atoms. The molecule has 9 nitrogen and oxygen atoms in total. The van der Waals surface area contributed by atoms with E-state index in [1.807, 2.05) is 27.0 Å². The number of carbonyl (C=O) groups is 1. The van der Waals surface area contributed by atoms with E-state index in [4.69, 9.17) is 11.6 Å². The minimum atomic E-state index is -4.18. The first kappa shape index (κ1) is 26.9. The standard InChI is InChI=1S/C20H29ClN6O3S.Na/c1-14(2)15-8-16(21)10-17(9-15)23-20(28)24-31(29,30)27(19-11-22-26(4)13-19)18-6-5-7-25(3)12-18;/h8-11,13-14,18H,5-7,12H2,1-4H3,(H2,23,24,28);. The summed E-state index contributed by atoms with van der Waals surface area (Å²) in [6.45, 7) is 5.47. The number of aryl methyl sites for hydroxylation is 1. The van der Waals surface area contributed by atoms with Gasteiger partial charge < -0.3 is 10.2 Å². The fourth-order valence-electron chi connectivity index (χ4n) is 3.74. The Balaban J connectivity index is 0.00000363. The summed E-state index contributed by atoms with van der Waals surface area (Å²) in [5, 5.41) is 7.15. The first-order valence-corrected chi connectivity index (χ1v) is 12.0.